The van der Waals surface area contributed by atoms with Gasteiger partial charge in [-0.3, -0.25) is 0 Å². The third-order valence-corrected chi connectivity index (χ3v) is 3.69. The van der Waals surface area contributed by atoms with E-state index in [0.29, 0.717) is 0 Å². The zero-order valence-electron chi connectivity index (χ0n) is 12.4. The van der Waals surface area contributed by atoms with Gasteiger partial charge in [-0.15, -0.1) is 0 Å². The first-order valence-electron chi connectivity index (χ1n) is 8.00. The summed E-state index contributed by atoms with van der Waals surface area (Å²) in [5.74, 6) is 0. The van der Waals surface area contributed by atoms with E-state index < -0.39 is 0 Å². The lowest BCUT2D eigenvalue weighted by atomic mass is 10.0. The number of aromatic nitrogens is 1. The Labute approximate surface area is 118 Å². The van der Waals surface area contributed by atoms with Gasteiger partial charge >= 0.3 is 0 Å². The summed E-state index contributed by atoms with van der Waals surface area (Å²) < 4.78 is 0.849. The molecular weight excluding hydrogens is 234 g/mol. The van der Waals surface area contributed by atoms with Crippen LogP contribution < -0.4 is 4.73 Å². The SMILES string of the molecule is CCCCCCCCCCCCc1cc[n+]([O-])cc1. The van der Waals surface area contributed by atoms with Crippen LogP contribution in [0.4, 0.5) is 0 Å². The first-order valence-corrected chi connectivity index (χ1v) is 8.00. The number of pyridine rings is 1. The molecule has 0 spiro atoms. The van der Waals surface area contributed by atoms with Crippen molar-refractivity contribution in [2.24, 2.45) is 0 Å². The number of rotatable bonds is 11. The third kappa shape index (κ3) is 8.63. The Morgan fingerprint density at radius 3 is 1.79 bits per heavy atom. The van der Waals surface area contributed by atoms with E-state index in [1.54, 1.807) is 12.4 Å². The second kappa shape index (κ2) is 10.8. The van der Waals surface area contributed by atoms with Crippen LogP contribution in [0.5, 0.6) is 0 Å². The van der Waals surface area contributed by atoms with E-state index in [2.05, 4.69) is 6.92 Å². The first kappa shape index (κ1) is 16.0. The van der Waals surface area contributed by atoms with Crippen LogP contribution in [0.3, 0.4) is 0 Å². The van der Waals surface area contributed by atoms with Crippen LogP contribution in [0.1, 0.15) is 76.7 Å². The van der Waals surface area contributed by atoms with Gasteiger partial charge in [0.25, 0.3) is 0 Å². The monoisotopic (exact) mass is 263 g/mol. The van der Waals surface area contributed by atoms with Crippen LogP contribution in [-0.4, -0.2) is 0 Å². The molecule has 2 heteroatoms. The fourth-order valence-corrected chi connectivity index (χ4v) is 2.43. The molecule has 1 heterocycles. The van der Waals surface area contributed by atoms with Crippen LogP contribution in [0.15, 0.2) is 24.5 Å². The van der Waals surface area contributed by atoms with E-state index in [4.69, 9.17) is 0 Å². The topological polar surface area (TPSA) is 26.9 Å². The fourth-order valence-electron chi connectivity index (χ4n) is 2.43. The average molecular weight is 263 g/mol. The number of hydrogen-bond donors (Lipinski definition) is 0. The smallest absolute Gasteiger partial charge is 0.180 e. The Morgan fingerprint density at radius 1 is 0.789 bits per heavy atom. The molecule has 1 aromatic rings. The number of nitrogens with zero attached hydrogens (tertiary/aromatic N) is 1. The molecule has 1 aromatic heterocycles. The quantitative estimate of drug-likeness (QED) is 0.320. The summed E-state index contributed by atoms with van der Waals surface area (Å²) in [6, 6.07) is 3.86. The Hall–Kier alpha value is -1.05. The van der Waals surface area contributed by atoms with Crippen molar-refractivity contribution in [3.8, 4) is 0 Å². The highest BCUT2D eigenvalue weighted by molar-refractivity contribution is 5.07. The number of hydrogen-bond acceptors (Lipinski definition) is 1. The molecule has 2 nitrogen and oxygen atoms in total. The molecule has 108 valence electrons. The van der Waals surface area contributed by atoms with E-state index in [1.165, 1.54) is 69.8 Å². The highest BCUT2D eigenvalue weighted by Gasteiger charge is 1.96. The van der Waals surface area contributed by atoms with Crippen molar-refractivity contribution in [3.63, 3.8) is 0 Å². The molecule has 0 N–H and O–H groups in total. The summed E-state index contributed by atoms with van der Waals surface area (Å²) >= 11 is 0. The van der Waals surface area contributed by atoms with Crippen LogP contribution in [0.2, 0.25) is 0 Å². The maximum atomic E-state index is 10.9. The average Bonchev–Trinajstić information content (AvgIpc) is 2.43. The van der Waals surface area contributed by atoms with Gasteiger partial charge in [0.15, 0.2) is 12.4 Å². The molecule has 0 aromatic carbocycles. The van der Waals surface area contributed by atoms with Crippen molar-refractivity contribution in [2.75, 3.05) is 0 Å². The molecule has 0 saturated carbocycles. The highest BCUT2D eigenvalue weighted by atomic mass is 16.5. The lowest BCUT2D eigenvalue weighted by molar-refractivity contribution is -0.605. The molecule has 0 amide bonds. The van der Waals surface area contributed by atoms with Gasteiger partial charge in [-0.05, 0) is 18.4 Å². The summed E-state index contributed by atoms with van der Waals surface area (Å²) in [5, 5.41) is 10.9. The number of unbranched alkanes of at least 4 members (excludes halogenated alkanes) is 9. The first-order chi connectivity index (χ1) is 9.33. The molecule has 0 fully saturated rings. The standard InChI is InChI=1S/C17H29NO/c1-2-3-4-5-6-7-8-9-10-11-12-17-13-15-18(19)16-14-17/h13-16H,2-12H2,1H3. The molecule has 1 rings (SSSR count). The van der Waals surface area contributed by atoms with Gasteiger partial charge in [0.2, 0.25) is 0 Å². The molecule has 0 aliphatic carbocycles. The van der Waals surface area contributed by atoms with Gasteiger partial charge in [0.1, 0.15) is 0 Å². The summed E-state index contributed by atoms with van der Waals surface area (Å²) in [4.78, 5) is 0. The van der Waals surface area contributed by atoms with E-state index >= 15 is 0 Å². The summed E-state index contributed by atoms with van der Waals surface area (Å²) in [7, 11) is 0. The molecule has 0 aliphatic heterocycles. The summed E-state index contributed by atoms with van der Waals surface area (Å²) in [5.41, 5.74) is 1.28. The third-order valence-electron chi connectivity index (χ3n) is 3.69. The summed E-state index contributed by atoms with van der Waals surface area (Å²) in [6.07, 6.45) is 18.0. The zero-order chi connectivity index (χ0) is 13.8. The van der Waals surface area contributed by atoms with Crippen molar-refractivity contribution >= 4 is 0 Å². The number of aryl methyl sites for hydroxylation is 1. The van der Waals surface area contributed by atoms with E-state index in [1.807, 2.05) is 12.1 Å². The van der Waals surface area contributed by atoms with Crippen molar-refractivity contribution in [1.82, 2.24) is 0 Å². The largest absolute Gasteiger partial charge is 0.619 e. The molecule has 0 radical (unpaired) electrons. The highest BCUT2D eigenvalue weighted by Crippen LogP contribution is 2.11. The zero-order valence-corrected chi connectivity index (χ0v) is 12.4. The predicted molar refractivity (Wildman–Crippen MR) is 81.0 cm³/mol. The van der Waals surface area contributed by atoms with Gasteiger partial charge in [-0.25, -0.2) is 0 Å². The van der Waals surface area contributed by atoms with Crippen LogP contribution in [0, 0.1) is 5.21 Å². The minimum absolute atomic E-state index is 0.849. The van der Waals surface area contributed by atoms with Gasteiger partial charge in [0.05, 0.1) is 0 Å². The maximum Gasteiger partial charge on any atom is 0.180 e. The molecular formula is C17H29NO. The Balaban J connectivity index is 1.87. The molecule has 0 saturated heterocycles. The second-order valence-electron chi connectivity index (χ2n) is 5.50. The van der Waals surface area contributed by atoms with Gasteiger partial charge in [-0.1, -0.05) is 64.7 Å². The second-order valence-corrected chi connectivity index (χ2v) is 5.50. The molecule has 0 atom stereocenters. The summed E-state index contributed by atoms with van der Waals surface area (Å²) in [6.45, 7) is 2.27. The fraction of sp³-hybridized carbons (Fsp3) is 0.706. The lowest BCUT2D eigenvalue weighted by Gasteiger charge is -2.03. The predicted octanol–water partition coefficient (Wildman–Crippen LogP) is 4.78. The molecule has 0 aliphatic rings. The normalized spacial score (nSPS) is 10.8. The van der Waals surface area contributed by atoms with Crippen molar-refractivity contribution in [1.29, 1.82) is 0 Å². The Bertz CT molecular complexity index is 308. The minimum Gasteiger partial charge on any atom is -0.619 e. The molecule has 19 heavy (non-hydrogen) atoms. The van der Waals surface area contributed by atoms with E-state index in [-0.39, 0.29) is 0 Å². The van der Waals surface area contributed by atoms with E-state index in [9.17, 15) is 5.21 Å². The molecule has 0 unspecified atom stereocenters. The minimum atomic E-state index is 0.849. The van der Waals surface area contributed by atoms with Gasteiger partial charge < -0.3 is 5.21 Å². The maximum absolute atomic E-state index is 10.9. The van der Waals surface area contributed by atoms with Gasteiger partial charge in [0, 0.05) is 12.1 Å². The Morgan fingerprint density at radius 2 is 1.26 bits per heavy atom. The van der Waals surface area contributed by atoms with E-state index in [0.717, 1.165) is 11.2 Å². The van der Waals surface area contributed by atoms with Crippen LogP contribution >= 0.6 is 0 Å². The van der Waals surface area contributed by atoms with Gasteiger partial charge in [-0.2, -0.15) is 4.73 Å². The van der Waals surface area contributed by atoms with Crippen molar-refractivity contribution < 1.29 is 4.73 Å². The van der Waals surface area contributed by atoms with Crippen molar-refractivity contribution in [2.45, 2.75) is 77.6 Å². The van der Waals surface area contributed by atoms with Crippen LogP contribution in [-0.2, 0) is 6.42 Å². The molecule has 0 bridgehead atoms. The van der Waals surface area contributed by atoms with Crippen LogP contribution in [0.25, 0.3) is 0 Å². The Kier molecular flexibility index (Phi) is 9.13. The van der Waals surface area contributed by atoms with Crippen molar-refractivity contribution in [3.05, 3.63) is 35.3 Å². The lowest BCUT2D eigenvalue weighted by Crippen LogP contribution is -2.23.